The molecule has 3 atom stereocenters. The number of piperazine rings is 1. The van der Waals surface area contributed by atoms with Crippen molar-refractivity contribution in [3.8, 4) is 0 Å². The highest BCUT2D eigenvalue weighted by Crippen LogP contribution is 2.37. The van der Waals surface area contributed by atoms with E-state index in [0.717, 1.165) is 16.2 Å². The molecular formula is C33H34N6O8S2. The summed E-state index contributed by atoms with van der Waals surface area (Å²) in [6.07, 6.45) is -1.14. The molecule has 16 heteroatoms. The SMILES string of the molecule is CN1CCN(C(=O)OCC2=C(C(=O)OC(c3ccccc3)c3ccccc3)N3C(=O)C(NC(=O)Cc4csc(NC=O)n4)[C@@H]3S(=O)C2)CC1. The van der Waals surface area contributed by atoms with E-state index in [1.165, 1.54) is 0 Å². The zero-order valence-corrected chi connectivity index (χ0v) is 28.1. The minimum Gasteiger partial charge on any atom is -0.448 e. The van der Waals surface area contributed by atoms with E-state index in [1.807, 2.05) is 67.7 Å². The molecule has 0 saturated carbocycles. The van der Waals surface area contributed by atoms with Gasteiger partial charge in [0.2, 0.25) is 12.3 Å². The predicted molar refractivity (Wildman–Crippen MR) is 179 cm³/mol. The third-order valence-electron chi connectivity index (χ3n) is 8.35. The number of amides is 4. The number of thiazole rings is 1. The number of aromatic nitrogens is 1. The molecule has 2 saturated heterocycles. The number of nitrogens with one attached hydrogen (secondary N) is 2. The summed E-state index contributed by atoms with van der Waals surface area (Å²) in [6.45, 7) is 1.91. The minimum atomic E-state index is -1.77. The molecule has 4 amide bonds. The average molecular weight is 707 g/mol. The van der Waals surface area contributed by atoms with Crippen molar-refractivity contribution >= 4 is 57.6 Å². The lowest BCUT2D eigenvalue weighted by Crippen LogP contribution is -2.73. The van der Waals surface area contributed by atoms with Crippen LogP contribution in [-0.4, -0.2) is 111 Å². The van der Waals surface area contributed by atoms with Gasteiger partial charge in [0.05, 0.1) is 28.7 Å². The van der Waals surface area contributed by atoms with Gasteiger partial charge in [0.25, 0.3) is 5.91 Å². The van der Waals surface area contributed by atoms with Crippen LogP contribution in [0.5, 0.6) is 0 Å². The molecule has 6 rings (SSSR count). The standard InChI is InChI=1S/C33H34N6O8S2/c1-37-12-14-38(15-13-37)33(44)46-17-23-19-49(45)30-26(36-25(41)16-24-18-48-32(35-24)34-20-40)29(42)39(30)27(23)31(43)47-28(21-8-4-2-5-9-21)22-10-6-3-7-11-22/h2-11,18,20,26,28,30H,12-17,19H2,1H3,(H,36,41)(H,34,35,40)/t26?,30-,49?/m0/s1. The Morgan fingerprint density at radius 3 is 2.33 bits per heavy atom. The van der Waals surface area contributed by atoms with Crippen LogP contribution in [0.4, 0.5) is 9.93 Å². The summed E-state index contributed by atoms with van der Waals surface area (Å²) in [7, 11) is 0.192. The topological polar surface area (TPSA) is 168 Å². The van der Waals surface area contributed by atoms with Gasteiger partial charge in [-0.2, -0.15) is 0 Å². The number of ether oxygens (including phenoxy) is 2. The monoisotopic (exact) mass is 706 g/mol. The molecule has 256 valence electrons. The molecule has 14 nitrogen and oxygen atoms in total. The fourth-order valence-corrected chi connectivity index (χ4v) is 8.16. The maximum atomic E-state index is 14.2. The van der Waals surface area contributed by atoms with E-state index in [-0.39, 0.29) is 30.1 Å². The fourth-order valence-electron chi connectivity index (χ4n) is 5.82. The van der Waals surface area contributed by atoms with Crippen molar-refractivity contribution in [1.29, 1.82) is 0 Å². The number of nitrogens with zero attached hydrogens (tertiary/aromatic N) is 4. The molecule has 2 aromatic carbocycles. The molecule has 1 aromatic heterocycles. The third kappa shape index (κ3) is 7.55. The summed E-state index contributed by atoms with van der Waals surface area (Å²) in [6, 6.07) is 17.0. The van der Waals surface area contributed by atoms with E-state index in [2.05, 4.69) is 20.5 Å². The van der Waals surface area contributed by atoms with Crippen molar-refractivity contribution in [2.24, 2.45) is 0 Å². The van der Waals surface area contributed by atoms with Crippen molar-refractivity contribution < 1.29 is 37.7 Å². The van der Waals surface area contributed by atoms with Gasteiger partial charge in [0.1, 0.15) is 23.7 Å². The van der Waals surface area contributed by atoms with Crippen LogP contribution in [0, 0.1) is 0 Å². The summed E-state index contributed by atoms with van der Waals surface area (Å²) < 4.78 is 25.3. The van der Waals surface area contributed by atoms with Gasteiger partial charge in [-0.05, 0) is 18.2 Å². The van der Waals surface area contributed by atoms with Crippen LogP contribution in [0.3, 0.4) is 0 Å². The molecule has 4 heterocycles. The van der Waals surface area contributed by atoms with Gasteiger partial charge in [-0.25, -0.2) is 14.6 Å². The second-order valence-electron chi connectivity index (χ2n) is 11.7. The van der Waals surface area contributed by atoms with Gasteiger partial charge in [-0.3, -0.25) is 23.5 Å². The third-order valence-corrected chi connectivity index (χ3v) is 10.8. The second kappa shape index (κ2) is 15.1. The predicted octanol–water partition coefficient (Wildman–Crippen LogP) is 1.64. The molecule has 2 fully saturated rings. The van der Waals surface area contributed by atoms with Gasteiger partial charge >= 0.3 is 12.1 Å². The van der Waals surface area contributed by atoms with Gasteiger partial charge in [-0.15, -0.1) is 11.3 Å². The summed E-state index contributed by atoms with van der Waals surface area (Å²) in [5, 5.41) is 5.91. The normalized spacial score (nSPS) is 20.7. The Morgan fingerprint density at radius 2 is 1.69 bits per heavy atom. The van der Waals surface area contributed by atoms with Crippen molar-refractivity contribution in [2.45, 2.75) is 23.9 Å². The average Bonchev–Trinajstić information content (AvgIpc) is 3.55. The Bertz CT molecular complexity index is 1740. The number of hydrogen-bond acceptors (Lipinski definition) is 11. The van der Waals surface area contributed by atoms with Gasteiger partial charge in [-0.1, -0.05) is 60.7 Å². The Hall–Kier alpha value is -4.93. The van der Waals surface area contributed by atoms with Crippen molar-refractivity contribution in [3.63, 3.8) is 0 Å². The number of rotatable bonds is 11. The highest BCUT2D eigenvalue weighted by atomic mass is 32.2. The Balaban J connectivity index is 1.25. The first kappa shape index (κ1) is 34.0. The Labute approximate surface area is 288 Å². The lowest BCUT2D eigenvalue weighted by molar-refractivity contribution is -0.155. The first-order chi connectivity index (χ1) is 23.7. The van der Waals surface area contributed by atoms with Crippen LogP contribution in [0.2, 0.25) is 0 Å². The summed E-state index contributed by atoms with van der Waals surface area (Å²) in [5.41, 5.74) is 1.78. The van der Waals surface area contributed by atoms with E-state index >= 15 is 0 Å². The smallest absolute Gasteiger partial charge is 0.410 e. The van der Waals surface area contributed by atoms with Gasteiger partial charge < -0.3 is 29.9 Å². The minimum absolute atomic E-state index is 0.160. The summed E-state index contributed by atoms with van der Waals surface area (Å²) in [4.78, 5) is 73.3. The maximum absolute atomic E-state index is 14.2. The van der Waals surface area contributed by atoms with Crippen LogP contribution in [0.1, 0.15) is 22.9 Å². The van der Waals surface area contributed by atoms with Crippen molar-refractivity contribution in [2.75, 3.05) is 50.9 Å². The van der Waals surface area contributed by atoms with E-state index < -0.39 is 52.2 Å². The largest absolute Gasteiger partial charge is 0.448 e. The van der Waals surface area contributed by atoms with Gasteiger partial charge in [0.15, 0.2) is 11.2 Å². The molecule has 3 aromatic rings. The summed E-state index contributed by atoms with van der Waals surface area (Å²) in [5.74, 6) is -2.25. The highest BCUT2D eigenvalue weighted by Gasteiger charge is 2.57. The van der Waals surface area contributed by atoms with E-state index in [0.29, 0.717) is 54.5 Å². The molecule has 0 bridgehead atoms. The number of hydrogen-bond donors (Lipinski definition) is 2. The molecule has 3 aliphatic rings. The highest BCUT2D eigenvalue weighted by molar-refractivity contribution is 7.86. The summed E-state index contributed by atoms with van der Waals surface area (Å²) >= 11 is 1.14. The lowest BCUT2D eigenvalue weighted by atomic mass is 10.0. The number of carbonyl (C=O) groups is 5. The molecule has 49 heavy (non-hydrogen) atoms. The van der Waals surface area contributed by atoms with E-state index in [9.17, 15) is 28.2 Å². The zero-order chi connectivity index (χ0) is 34.5. The van der Waals surface area contributed by atoms with Crippen molar-refractivity contribution in [3.05, 3.63) is 94.1 Å². The van der Waals surface area contributed by atoms with E-state index in [1.54, 1.807) is 10.3 Å². The number of fused-ring (bicyclic) bond motifs is 1. The van der Waals surface area contributed by atoms with E-state index in [4.69, 9.17) is 9.47 Å². The fraction of sp³-hybridized carbons (Fsp3) is 0.333. The molecule has 0 spiro atoms. The first-order valence-corrected chi connectivity index (χ1v) is 17.8. The van der Waals surface area contributed by atoms with Crippen molar-refractivity contribution in [1.82, 2.24) is 25.0 Å². The second-order valence-corrected chi connectivity index (χ2v) is 14.0. The molecule has 2 N–H and O–H groups in total. The number of anilines is 1. The molecule has 0 radical (unpaired) electrons. The Kier molecular flexibility index (Phi) is 10.5. The first-order valence-electron chi connectivity index (χ1n) is 15.5. The molecule has 3 aliphatic heterocycles. The molecular weight excluding hydrogens is 673 g/mol. The number of carbonyl (C=O) groups excluding carboxylic acids is 5. The zero-order valence-electron chi connectivity index (χ0n) is 26.5. The van der Waals surface area contributed by atoms with Crippen LogP contribution in [0.15, 0.2) is 77.3 Å². The van der Waals surface area contributed by atoms with Crippen LogP contribution in [-0.2, 0) is 45.9 Å². The quantitative estimate of drug-likeness (QED) is 0.170. The molecule has 0 aliphatic carbocycles. The number of esters is 1. The van der Waals surface area contributed by atoms with Crippen LogP contribution >= 0.6 is 11.3 Å². The maximum Gasteiger partial charge on any atom is 0.410 e. The number of β-lactam (4-membered cyclic amide) rings is 1. The number of benzene rings is 2. The Morgan fingerprint density at radius 1 is 1.04 bits per heavy atom. The van der Waals surface area contributed by atoms with Gasteiger partial charge in [0, 0.05) is 37.1 Å². The molecule has 2 unspecified atom stereocenters. The van der Waals surface area contributed by atoms with Crippen LogP contribution < -0.4 is 10.6 Å². The number of likely N-dealkylation sites (N-methyl/N-ethyl adjacent to an activating group) is 1. The van der Waals surface area contributed by atoms with Crippen LogP contribution in [0.25, 0.3) is 0 Å². The lowest BCUT2D eigenvalue weighted by Gasteiger charge is -2.49.